The van der Waals surface area contributed by atoms with E-state index in [4.69, 9.17) is 4.74 Å². The molecule has 0 spiro atoms. The summed E-state index contributed by atoms with van der Waals surface area (Å²) in [6, 6.07) is 7.75. The van der Waals surface area contributed by atoms with Crippen LogP contribution in [0.25, 0.3) is 0 Å². The number of carbonyl (C=O) groups is 2. The third-order valence-corrected chi connectivity index (χ3v) is 5.39. The van der Waals surface area contributed by atoms with Gasteiger partial charge >= 0.3 is 0 Å². The van der Waals surface area contributed by atoms with Crippen LogP contribution >= 0.6 is 0 Å². The van der Waals surface area contributed by atoms with Gasteiger partial charge in [-0.25, -0.2) is 0 Å². The molecule has 3 atom stereocenters. The van der Waals surface area contributed by atoms with Gasteiger partial charge in [0.25, 0.3) is 0 Å². The van der Waals surface area contributed by atoms with Gasteiger partial charge in [-0.2, -0.15) is 0 Å². The Balaban J connectivity index is 1.60. The predicted molar refractivity (Wildman–Crippen MR) is 97.6 cm³/mol. The average Bonchev–Trinajstić information content (AvgIpc) is 3.00. The summed E-state index contributed by atoms with van der Waals surface area (Å²) in [6.45, 7) is 5.22. The summed E-state index contributed by atoms with van der Waals surface area (Å²) in [7, 11) is 0. The minimum atomic E-state index is -0.256. The van der Waals surface area contributed by atoms with Gasteiger partial charge in [0.15, 0.2) is 0 Å². The fourth-order valence-corrected chi connectivity index (χ4v) is 3.85. The number of nitrogens with one attached hydrogen (secondary N) is 1. The van der Waals surface area contributed by atoms with Gasteiger partial charge in [-0.05, 0) is 49.9 Å². The van der Waals surface area contributed by atoms with E-state index < -0.39 is 0 Å². The Hall–Kier alpha value is -2.04. The van der Waals surface area contributed by atoms with Crippen LogP contribution in [0.5, 0.6) is 5.75 Å². The van der Waals surface area contributed by atoms with Crippen LogP contribution in [-0.2, 0) is 9.59 Å². The standard InChI is InChI=1S/C20H28N2O3/c1-3-25-17-10-8-16(9-11-17)22-13-15(12-19(22)23)20(24)21-18-7-5-4-6-14(18)2/h8-11,14-15,18H,3-7,12-13H2,1-2H3,(H,21,24). The van der Waals surface area contributed by atoms with E-state index in [1.807, 2.05) is 31.2 Å². The topological polar surface area (TPSA) is 58.6 Å². The molecule has 2 amide bonds. The van der Waals surface area contributed by atoms with Crippen LogP contribution in [0, 0.1) is 11.8 Å². The van der Waals surface area contributed by atoms with Crippen LogP contribution in [0.4, 0.5) is 5.69 Å². The lowest BCUT2D eigenvalue weighted by molar-refractivity contribution is -0.127. The summed E-state index contributed by atoms with van der Waals surface area (Å²) in [5.74, 6) is 1.10. The highest BCUT2D eigenvalue weighted by Gasteiger charge is 2.36. The maximum Gasteiger partial charge on any atom is 0.227 e. The van der Waals surface area contributed by atoms with E-state index in [1.165, 1.54) is 19.3 Å². The zero-order valence-electron chi connectivity index (χ0n) is 15.2. The summed E-state index contributed by atoms with van der Waals surface area (Å²) in [5.41, 5.74) is 0.829. The second-order valence-electron chi connectivity index (χ2n) is 7.21. The van der Waals surface area contributed by atoms with Gasteiger partial charge in [-0.3, -0.25) is 9.59 Å². The molecule has 0 bridgehead atoms. The monoisotopic (exact) mass is 344 g/mol. The van der Waals surface area contributed by atoms with Crippen LogP contribution < -0.4 is 15.0 Å². The van der Waals surface area contributed by atoms with Gasteiger partial charge in [0.2, 0.25) is 11.8 Å². The maximum atomic E-state index is 12.6. The van der Waals surface area contributed by atoms with E-state index in [1.54, 1.807) is 4.90 Å². The van der Waals surface area contributed by atoms with Crippen molar-refractivity contribution in [3.63, 3.8) is 0 Å². The van der Waals surface area contributed by atoms with Gasteiger partial charge in [-0.1, -0.05) is 19.8 Å². The first-order valence-electron chi connectivity index (χ1n) is 9.42. The Morgan fingerprint density at radius 1 is 1.24 bits per heavy atom. The summed E-state index contributed by atoms with van der Waals surface area (Å²) in [5, 5.41) is 3.19. The highest BCUT2D eigenvalue weighted by Crippen LogP contribution is 2.28. The van der Waals surface area contributed by atoms with Crippen molar-refractivity contribution in [1.82, 2.24) is 5.32 Å². The van der Waals surface area contributed by atoms with Gasteiger partial charge in [0.05, 0.1) is 12.5 Å². The number of rotatable bonds is 5. The number of ether oxygens (including phenoxy) is 1. The lowest BCUT2D eigenvalue weighted by atomic mass is 9.85. The molecule has 1 heterocycles. The number of benzene rings is 1. The highest BCUT2D eigenvalue weighted by atomic mass is 16.5. The van der Waals surface area contributed by atoms with E-state index in [2.05, 4.69) is 12.2 Å². The number of amides is 2. The summed E-state index contributed by atoms with van der Waals surface area (Å²) >= 11 is 0. The zero-order chi connectivity index (χ0) is 17.8. The molecule has 5 nitrogen and oxygen atoms in total. The molecule has 2 fully saturated rings. The molecule has 1 N–H and O–H groups in total. The zero-order valence-corrected chi connectivity index (χ0v) is 15.2. The van der Waals surface area contributed by atoms with E-state index >= 15 is 0 Å². The minimum Gasteiger partial charge on any atom is -0.494 e. The molecule has 1 aliphatic heterocycles. The van der Waals surface area contributed by atoms with Gasteiger partial charge in [0, 0.05) is 24.7 Å². The molecule has 136 valence electrons. The molecule has 0 aromatic heterocycles. The number of anilines is 1. The third kappa shape index (κ3) is 4.14. The molecular weight excluding hydrogens is 316 g/mol. The quantitative estimate of drug-likeness (QED) is 0.893. The largest absolute Gasteiger partial charge is 0.494 e. The molecule has 1 aromatic rings. The Labute approximate surface area is 149 Å². The van der Waals surface area contributed by atoms with Gasteiger partial charge in [-0.15, -0.1) is 0 Å². The summed E-state index contributed by atoms with van der Waals surface area (Å²) in [4.78, 5) is 26.7. The minimum absolute atomic E-state index is 0.0148. The van der Waals surface area contributed by atoms with E-state index in [0.717, 1.165) is 17.9 Å². The van der Waals surface area contributed by atoms with Crippen molar-refractivity contribution in [2.24, 2.45) is 11.8 Å². The molecule has 1 aliphatic carbocycles. The second-order valence-corrected chi connectivity index (χ2v) is 7.21. The van der Waals surface area contributed by atoms with Crippen LogP contribution in [-0.4, -0.2) is 31.0 Å². The second kappa shape index (κ2) is 7.89. The number of nitrogens with zero attached hydrogens (tertiary/aromatic N) is 1. The molecule has 1 saturated heterocycles. The lowest BCUT2D eigenvalue weighted by Gasteiger charge is -2.30. The SMILES string of the molecule is CCOc1ccc(N2CC(C(=O)NC3CCCCC3C)CC2=O)cc1. The summed E-state index contributed by atoms with van der Waals surface area (Å²) in [6.07, 6.45) is 4.95. The molecule has 3 rings (SSSR count). The van der Waals surface area contributed by atoms with E-state index in [-0.39, 0.29) is 23.8 Å². The number of hydrogen-bond donors (Lipinski definition) is 1. The molecule has 3 unspecified atom stereocenters. The van der Waals surface area contributed by atoms with Crippen molar-refractivity contribution in [2.45, 2.75) is 52.0 Å². The summed E-state index contributed by atoms with van der Waals surface area (Å²) < 4.78 is 5.44. The maximum absolute atomic E-state index is 12.6. The molecular formula is C20H28N2O3. The van der Waals surface area contributed by atoms with Crippen molar-refractivity contribution in [2.75, 3.05) is 18.1 Å². The van der Waals surface area contributed by atoms with Crippen molar-refractivity contribution in [3.05, 3.63) is 24.3 Å². The molecule has 0 radical (unpaired) electrons. The van der Waals surface area contributed by atoms with Crippen LogP contribution in [0.3, 0.4) is 0 Å². The smallest absolute Gasteiger partial charge is 0.227 e. The Morgan fingerprint density at radius 2 is 1.96 bits per heavy atom. The first-order chi connectivity index (χ1) is 12.1. The molecule has 1 saturated carbocycles. The van der Waals surface area contributed by atoms with Crippen LogP contribution in [0.2, 0.25) is 0 Å². The van der Waals surface area contributed by atoms with Crippen molar-refractivity contribution < 1.29 is 14.3 Å². The lowest BCUT2D eigenvalue weighted by Crippen LogP contribution is -2.44. The van der Waals surface area contributed by atoms with E-state index in [9.17, 15) is 9.59 Å². The Bertz CT molecular complexity index is 614. The van der Waals surface area contributed by atoms with Crippen LogP contribution in [0.1, 0.15) is 46.0 Å². The number of hydrogen-bond acceptors (Lipinski definition) is 3. The first-order valence-corrected chi connectivity index (χ1v) is 9.42. The van der Waals surface area contributed by atoms with Crippen molar-refractivity contribution in [3.8, 4) is 5.75 Å². The molecule has 25 heavy (non-hydrogen) atoms. The first kappa shape index (κ1) is 17.8. The van der Waals surface area contributed by atoms with E-state index in [0.29, 0.717) is 25.5 Å². The van der Waals surface area contributed by atoms with Crippen molar-refractivity contribution >= 4 is 17.5 Å². The highest BCUT2D eigenvalue weighted by molar-refractivity contribution is 6.00. The number of carbonyl (C=O) groups excluding carboxylic acids is 2. The average molecular weight is 344 g/mol. The van der Waals surface area contributed by atoms with Gasteiger partial charge < -0.3 is 15.0 Å². The van der Waals surface area contributed by atoms with Gasteiger partial charge in [0.1, 0.15) is 5.75 Å². The molecule has 1 aromatic carbocycles. The molecule has 5 heteroatoms. The predicted octanol–water partition coefficient (Wildman–Crippen LogP) is 3.13. The van der Waals surface area contributed by atoms with Crippen molar-refractivity contribution in [1.29, 1.82) is 0 Å². The van der Waals surface area contributed by atoms with Crippen LogP contribution in [0.15, 0.2) is 24.3 Å². The molecule has 2 aliphatic rings. The third-order valence-electron chi connectivity index (χ3n) is 5.39. The normalized spacial score (nSPS) is 26.6. The fourth-order valence-electron chi connectivity index (χ4n) is 3.85. The fraction of sp³-hybridized carbons (Fsp3) is 0.600. The Kier molecular flexibility index (Phi) is 5.61. The Morgan fingerprint density at radius 3 is 2.64 bits per heavy atom.